The minimum atomic E-state index is 0.743. The zero-order chi connectivity index (χ0) is 9.10. The van der Waals surface area contributed by atoms with Crippen molar-refractivity contribution in [2.75, 3.05) is 13.1 Å². The average Bonchev–Trinajstić information content (AvgIpc) is 2.43. The topological polar surface area (TPSA) is 12.0 Å². The number of halogens is 1. The molecule has 1 unspecified atom stereocenters. The first-order valence-corrected chi connectivity index (χ1v) is 6.01. The molecule has 72 valence electrons. The molecular weight excluding hydrogens is 202 g/mol. The lowest BCUT2D eigenvalue weighted by atomic mass is 9.99. The summed E-state index contributed by atoms with van der Waals surface area (Å²) in [5.74, 6) is 0.743. The zero-order valence-electron chi connectivity index (χ0n) is 7.55. The van der Waals surface area contributed by atoms with Crippen LogP contribution in [0.3, 0.4) is 0 Å². The lowest BCUT2D eigenvalue weighted by Crippen LogP contribution is -2.13. The number of rotatable bonds is 1. The van der Waals surface area contributed by atoms with Crippen molar-refractivity contribution in [1.29, 1.82) is 0 Å². The van der Waals surface area contributed by atoms with Gasteiger partial charge in [-0.05, 0) is 50.4 Å². The lowest BCUT2D eigenvalue weighted by Gasteiger charge is -2.10. The van der Waals surface area contributed by atoms with Crippen LogP contribution in [0, 0.1) is 0 Å². The molecule has 1 aromatic heterocycles. The van der Waals surface area contributed by atoms with Crippen LogP contribution in [0.2, 0.25) is 4.34 Å². The zero-order valence-corrected chi connectivity index (χ0v) is 9.13. The number of nitrogens with one attached hydrogen (secondary N) is 1. The Balaban J connectivity index is 2.06. The van der Waals surface area contributed by atoms with E-state index in [2.05, 4.69) is 11.4 Å². The molecule has 0 saturated carbocycles. The van der Waals surface area contributed by atoms with Gasteiger partial charge in [0.2, 0.25) is 0 Å². The van der Waals surface area contributed by atoms with E-state index in [-0.39, 0.29) is 0 Å². The normalized spacial score (nSPS) is 24.2. The van der Waals surface area contributed by atoms with Gasteiger partial charge in [0.15, 0.2) is 0 Å². The third kappa shape index (κ3) is 2.46. The first-order chi connectivity index (χ1) is 6.36. The SMILES string of the molecule is Clc1ccc(C2CCCNCC2)s1. The van der Waals surface area contributed by atoms with Crippen molar-refractivity contribution in [3.8, 4) is 0 Å². The van der Waals surface area contributed by atoms with Crippen LogP contribution < -0.4 is 5.32 Å². The largest absolute Gasteiger partial charge is 0.317 e. The second-order valence-corrected chi connectivity index (χ2v) is 5.27. The van der Waals surface area contributed by atoms with Crippen LogP contribution in [0.4, 0.5) is 0 Å². The van der Waals surface area contributed by atoms with Crippen LogP contribution in [0.25, 0.3) is 0 Å². The van der Waals surface area contributed by atoms with Crippen LogP contribution in [-0.2, 0) is 0 Å². The van der Waals surface area contributed by atoms with Gasteiger partial charge in [-0.2, -0.15) is 0 Å². The van der Waals surface area contributed by atoms with Crippen molar-refractivity contribution in [2.45, 2.75) is 25.2 Å². The first kappa shape index (κ1) is 9.50. The minimum absolute atomic E-state index is 0.743. The molecule has 0 aliphatic carbocycles. The molecule has 1 N–H and O–H groups in total. The van der Waals surface area contributed by atoms with E-state index in [9.17, 15) is 0 Å². The molecule has 13 heavy (non-hydrogen) atoms. The van der Waals surface area contributed by atoms with Crippen LogP contribution in [0.15, 0.2) is 12.1 Å². The monoisotopic (exact) mass is 215 g/mol. The van der Waals surface area contributed by atoms with Crippen LogP contribution in [0.1, 0.15) is 30.1 Å². The van der Waals surface area contributed by atoms with Gasteiger partial charge in [-0.25, -0.2) is 0 Å². The highest BCUT2D eigenvalue weighted by Gasteiger charge is 2.15. The Kier molecular flexibility index (Phi) is 3.25. The molecule has 1 saturated heterocycles. The van der Waals surface area contributed by atoms with E-state index >= 15 is 0 Å². The van der Waals surface area contributed by atoms with Crippen LogP contribution >= 0.6 is 22.9 Å². The molecule has 1 atom stereocenters. The Hall–Kier alpha value is -0.0500. The van der Waals surface area contributed by atoms with E-state index in [4.69, 9.17) is 11.6 Å². The van der Waals surface area contributed by atoms with E-state index in [1.165, 1.54) is 30.7 Å². The van der Waals surface area contributed by atoms with Gasteiger partial charge in [0.1, 0.15) is 0 Å². The van der Waals surface area contributed by atoms with Gasteiger partial charge in [0, 0.05) is 4.88 Å². The lowest BCUT2D eigenvalue weighted by molar-refractivity contribution is 0.619. The first-order valence-electron chi connectivity index (χ1n) is 4.82. The Labute approximate surface area is 88.1 Å². The Morgan fingerprint density at radius 3 is 3.00 bits per heavy atom. The smallest absolute Gasteiger partial charge is 0.0931 e. The molecule has 0 amide bonds. The average molecular weight is 216 g/mol. The molecule has 0 bridgehead atoms. The molecule has 1 fully saturated rings. The van der Waals surface area contributed by atoms with Crippen molar-refractivity contribution in [3.05, 3.63) is 21.3 Å². The molecule has 0 spiro atoms. The van der Waals surface area contributed by atoms with Crippen LogP contribution in [0.5, 0.6) is 0 Å². The van der Waals surface area contributed by atoms with E-state index in [1.54, 1.807) is 11.3 Å². The molecule has 0 aromatic carbocycles. The van der Waals surface area contributed by atoms with Gasteiger partial charge in [-0.3, -0.25) is 0 Å². The fraction of sp³-hybridized carbons (Fsp3) is 0.600. The van der Waals surface area contributed by atoms with Gasteiger partial charge in [0.05, 0.1) is 4.34 Å². The second-order valence-electron chi connectivity index (χ2n) is 3.52. The van der Waals surface area contributed by atoms with E-state index < -0.39 is 0 Å². The summed E-state index contributed by atoms with van der Waals surface area (Å²) in [5, 5.41) is 3.43. The van der Waals surface area contributed by atoms with E-state index in [1.807, 2.05) is 6.07 Å². The standard InChI is InChI=1S/C10H14ClNS/c11-10-4-3-9(13-10)8-2-1-6-12-7-5-8/h3-4,8,12H,1-2,5-7H2. The molecule has 0 radical (unpaired) electrons. The van der Waals surface area contributed by atoms with E-state index in [0.717, 1.165) is 16.8 Å². The maximum atomic E-state index is 5.92. The van der Waals surface area contributed by atoms with Crippen molar-refractivity contribution < 1.29 is 0 Å². The summed E-state index contributed by atoms with van der Waals surface area (Å²) in [7, 11) is 0. The molecule has 1 aliphatic heterocycles. The molecule has 2 heterocycles. The summed E-state index contributed by atoms with van der Waals surface area (Å²) in [6.07, 6.45) is 3.86. The molecule has 1 nitrogen and oxygen atoms in total. The van der Waals surface area contributed by atoms with Gasteiger partial charge in [-0.1, -0.05) is 11.6 Å². The highest BCUT2D eigenvalue weighted by molar-refractivity contribution is 7.16. The minimum Gasteiger partial charge on any atom is -0.317 e. The summed E-state index contributed by atoms with van der Waals surface area (Å²) in [5.41, 5.74) is 0. The van der Waals surface area contributed by atoms with Crippen molar-refractivity contribution >= 4 is 22.9 Å². The van der Waals surface area contributed by atoms with Crippen molar-refractivity contribution in [1.82, 2.24) is 5.32 Å². The fourth-order valence-electron chi connectivity index (χ4n) is 1.85. The summed E-state index contributed by atoms with van der Waals surface area (Å²) in [6, 6.07) is 4.20. The molecular formula is C10H14ClNS. The van der Waals surface area contributed by atoms with Crippen molar-refractivity contribution in [2.24, 2.45) is 0 Å². The third-order valence-corrected chi connectivity index (χ3v) is 3.97. The highest BCUT2D eigenvalue weighted by atomic mass is 35.5. The molecule has 1 aliphatic rings. The highest BCUT2D eigenvalue weighted by Crippen LogP contribution is 2.33. The van der Waals surface area contributed by atoms with Gasteiger partial charge in [0.25, 0.3) is 0 Å². The summed E-state index contributed by atoms with van der Waals surface area (Å²) in [6.45, 7) is 2.33. The predicted octanol–water partition coefficient (Wildman–Crippen LogP) is 3.26. The van der Waals surface area contributed by atoms with Gasteiger partial charge in [-0.15, -0.1) is 11.3 Å². The maximum Gasteiger partial charge on any atom is 0.0931 e. The molecule has 3 heteroatoms. The van der Waals surface area contributed by atoms with Gasteiger partial charge >= 0.3 is 0 Å². The quantitative estimate of drug-likeness (QED) is 0.759. The number of hydrogen-bond acceptors (Lipinski definition) is 2. The van der Waals surface area contributed by atoms with Gasteiger partial charge < -0.3 is 5.32 Å². The summed E-state index contributed by atoms with van der Waals surface area (Å²) in [4.78, 5) is 1.47. The summed E-state index contributed by atoms with van der Waals surface area (Å²) < 4.78 is 0.923. The number of hydrogen-bond donors (Lipinski definition) is 1. The maximum absolute atomic E-state index is 5.92. The summed E-state index contributed by atoms with van der Waals surface area (Å²) >= 11 is 7.66. The van der Waals surface area contributed by atoms with Crippen LogP contribution in [-0.4, -0.2) is 13.1 Å². The number of thiophene rings is 1. The van der Waals surface area contributed by atoms with E-state index in [0.29, 0.717) is 0 Å². The predicted molar refractivity (Wildman–Crippen MR) is 58.8 cm³/mol. The molecule has 1 aromatic rings. The Morgan fingerprint density at radius 2 is 2.23 bits per heavy atom. The second kappa shape index (κ2) is 4.45. The van der Waals surface area contributed by atoms with Crippen molar-refractivity contribution in [3.63, 3.8) is 0 Å². The third-order valence-electron chi connectivity index (χ3n) is 2.57. The fourth-order valence-corrected chi connectivity index (χ4v) is 3.08. The Morgan fingerprint density at radius 1 is 1.31 bits per heavy atom. The Bertz CT molecular complexity index is 264. The molecule has 2 rings (SSSR count).